The summed E-state index contributed by atoms with van der Waals surface area (Å²) in [6.07, 6.45) is 7.15. The molecule has 3 N–H and O–H groups in total. The lowest BCUT2D eigenvalue weighted by molar-refractivity contribution is -0.143. The second-order valence-corrected chi connectivity index (χ2v) is 60.5. The van der Waals surface area contributed by atoms with Gasteiger partial charge in [-0.1, -0.05) is 103 Å². The molecule has 0 saturated carbocycles. The van der Waals surface area contributed by atoms with Gasteiger partial charge in [-0.15, -0.1) is 0 Å². The topological polar surface area (TPSA) is 291 Å². The van der Waals surface area contributed by atoms with Crippen molar-refractivity contribution in [1.29, 1.82) is 0 Å². The zero-order valence-corrected chi connectivity index (χ0v) is 67.3. The Morgan fingerprint density at radius 1 is 0.500 bits per heavy atom. The Morgan fingerprint density at radius 3 is 1.24 bits per heavy atom. The molecule has 5 heterocycles. The molecule has 5 aromatic heterocycles. The highest BCUT2D eigenvalue weighted by Gasteiger charge is 2.41. The highest BCUT2D eigenvalue weighted by Crippen LogP contribution is 2.37. The zero-order chi connectivity index (χ0) is 71.3. The molecule has 0 radical (unpaired) electrons. The third-order valence-electron chi connectivity index (χ3n) is 18.3. The van der Waals surface area contributed by atoms with E-state index in [-0.39, 0.29) is 29.8 Å². The van der Waals surface area contributed by atoms with Crippen LogP contribution >= 0.6 is 0 Å². The van der Waals surface area contributed by atoms with Crippen LogP contribution in [0, 0.1) is 40.5 Å². The molecule has 0 saturated heterocycles. The molecule has 29 heteroatoms. The molecule has 5 aromatic rings. The summed E-state index contributed by atoms with van der Waals surface area (Å²) in [5, 5.41) is 35.9. The smallest absolute Gasteiger partial charge is 0.316 e. The van der Waals surface area contributed by atoms with Gasteiger partial charge in [0.1, 0.15) is 51.0 Å². The highest BCUT2D eigenvalue weighted by atomic mass is 28.3. The first kappa shape index (κ1) is 80.0. The maximum absolute atomic E-state index is 12.2. The average Bonchev–Trinajstić information content (AvgIpc) is 1.64. The molecule has 24 nitrogen and oxygen atoms in total. The van der Waals surface area contributed by atoms with E-state index < -0.39 is 52.3 Å². The van der Waals surface area contributed by atoms with Crippen molar-refractivity contribution in [3.63, 3.8) is 0 Å². The number of ketones is 2. The van der Waals surface area contributed by atoms with Gasteiger partial charge in [-0.25, -0.2) is 23.4 Å². The number of nitrogens with zero attached hydrogens (tertiary/aromatic N) is 13. The van der Waals surface area contributed by atoms with Gasteiger partial charge < -0.3 is 39.3 Å². The number of esters is 1. The minimum absolute atomic E-state index is 0.100. The minimum atomic E-state index is -1.11. The molecule has 96 heavy (non-hydrogen) atoms. The van der Waals surface area contributed by atoms with Crippen LogP contribution in [-0.2, 0) is 99.0 Å². The van der Waals surface area contributed by atoms with E-state index in [1.54, 1.807) is 4.68 Å². The number of aromatic nitrogens is 10. The summed E-state index contributed by atoms with van der Waals surface area (Å²) in [5.41, 5.74) is 29.8. The van der Waals surface area contributed by atoms with Crippen molar-refractivity contribution in [2.45, 2.75) is 273 Å². The lowest BCUT2D eigenvalue weighted by Crippen LogP contribution is -2.24. The zero-order valence-electron chi connectivity index (χ0n) is 62.3. The normalized spacial score (nSPS) is 17.9. The first-order chi connectivity index (χ1) is 44.8. The van der Waals surface area contributed by atoms with Crippen LogP contribution in [0.15, 0.2) is 5.11 Å². The molecule has 4 atom stereocenters. The highest BCUT2D eigenvalue weighted by molar-refractivity contribution is 6.77. The maximum atomic E-state index is 12.2. The fourth-order valence-corrected chi connectivity index (χ4v) is 15.4. The first-order valence-corrected chi connectivity index (χ1v) is 53.2. The fraction of sp³-hybridized carbons (Fsp3) is 0.731. The van der Waals surface area contributed by atoms with Gasteiger partial charge in [-0.2, -0.15) is 25.5 Å². The molecule has 5 aliphatic rings. The number of methoxy groups -OCH3 is 1. The summed E-state index contributed by atoms with van der Waals surface area (Å²) in [7, 11) is -3.89. The van der Waals surface area contributed by atoms with E-state index in [4.69, 9.17) is 34.9 Å². The van der Waals surface area contributed by atoms with Crippen LogP contribution in [0.3, 0.4) is 0 Å². The Balaban J connectivity index is 0.000000190. The predicted molar refractivity (Wildman–Crippen MR) is 390 cm³/mol. The van der Waals surface area contributed by atoms with Gasteiger partial charge in [0.25, 0.3) is 0 Å². The molecule has 0 aromatic carbocycles. The van der Waals surface area contributed by atoms with E-state index in [9.17, 15) is 19.5 Å². The molecule has 1 unspecified atom stereocenters. The minimum Gasteiger partial charge on any atom is -0.468 e. The van der Waals surface area contributed by atoms with Crippen molar-refractivity contribution in [1.82, 2.24) is 48.9 Å². The number of nitrogens with two attached hydrogens (primary N) is 1. The maximum Gasteiger partial charge on any atom is 0.316 e. The van der Waals surface area contributed by atoms with Crippen molar-refractivity contribution >= 4 is 57.9 Å². The van der Waals surface area contributed by atoms with E-state index in [0.29, 0.717) is 64.5 Å². The predicted octanol–water partition coefficient (Wildman–Crippen LogP) is 13.4. The van der Waals surface area contributed by atoms with Crippen molar-refractivity contribution in [3.8, 4) is 0 Å². The molecule has 0 bridgehead atoms. The number of aliphatic hydroxyl groups is 1. The number of hydrogen-bond donors (Lipinski definition) is 2. The molecule has 5 aliphatic carbocycles. The number of carbonyl (C=O) groups excluding carboxylic acids is 3. The van der Waals surface area contributed by atoms with Crippen LogP contribution in [0.5, 0.6) is 0 Å². The standard InChI is InChI=1S/C15H24N2O4Si.C13H23N5OSi.C13H25N3OSi.C13H24N2O2Si.C13H22N2O2Si/c1-10-11-8-12(15(19)20-2)14(18)13(11)16-17(10)9-21-6-7-22(3,4)5;1-10-11-5-6-12(15-17-14)13(11)16-18(10)9-19-7-8-20(2,3)4;1-10-11-5-6-12(14)13(11)15-16(10)9-17-7-8-18(2,3)4;2*1-10-11-5-6-12(16)13(11)14-15(10)9-17-7-8-18(2,3)4/h12H,6-9H2,1-5H3;12H,5-9H2,1-4H3;12H,5-9,14H2,1-4H3;12,16H,5-9H2,1-4H3;5-9H2,1-4H3/t;3*12-;/m.110./s1. The molecule has 0 fully saturated rings. The van der Waals surface area contributed by atoms with Gasteiger partial charge in [0.15, 0.2) is 11.6 Å². The second kappa shape index (κ2) is 34.8. The molecule has 0 amide bonds. The summed E-state index contributed by atoms with van der Waals surface area (Å²) in [5.74, 6) is -1.29. The van der Waals surface area contributed by atoms with Crippen LogP contribution in [0.4, 0.5) is 0 Å². The van der Waals surface area contributed by atoms with E-state index in [2.05, 4.69) is 159 Å². The van der Waals surface area contributed by atoms with Gasteiger partial charge in [-0.3, -0.25) is 14.4 Å². The van der Waals surface area contributed by atoms with Gasteiger partial charge in [-0.05, 0) is 138 Å². The Kier molecular flexibility index (Phi) is 29.0. The Morgan fingerprint density at radius 2 is 0.854 bits per heavy atom. The Hall–Kier alpha value is -5.03. The number of carbonyl (C=O) groups is 3. The van der Waals surface area contributed by atoms with Crippen LogP contribution in [0.2, 0.25) is 128 Å². The molecule has 0 aliphatic heterocycles. The molecule has 0 spiro atoms. The Bertz CT molecular complexity index is 3380. The first-order valence-electron chi connectivity index (χ1n) is 34.6. The quantitative estimate of drug-likeness (QED) is 0.00939. The number of azide groups is 1. The van der Waals surface area contributed by atoms with Crippen LogP contribution < -0.4 is 5.73 Å². The third-order valence-corrected chi connectivity index (χ3v) is 26.8. The van der Waals surface area contributed by atoms with E-state index in [1.165, 1.54) is 41.6 Å². The van der Waals surface area contributed by atoms with Crippen molar-refractivity contribution < 1.29 is 47.9 Å². The fourth-order valence-electron chi connectivity index (χ4n) is 11.6. The number of hydrogen-bond acceptors (Lipinski definition) is 17. The molecule has 10 rings (SSSR count). The van der Waals surface area contributed by atoms with Crippen LogP contribution in [-0.4, -0.2) is 152 Å². The second-order valence-electron chi connectivity index (χ2n) is 32.4. The van der Waals surface area contributed by atoms with Crippen LogP contribution in [0.1, 0.15) is 138 Å². The molecular formula is C67H118N14O10Si5. The van der Waals surface area contributed by atoms with E-state index in [1.807, 2.05) is 32.6 Å². The SMILES string of the molecule is COC(=O)C1Cc2c(nn(COCC[Si](C)(C)C)c2C)C1=O.Cc1c2c(nn1COCC[Si](C)(C)C)C(=O)CC2.Cc1c2c(nn1COCC[Si](C)(C)C)[C@@H](O)CC2.Cc1c2c(nn1COCC[Si](C)(C)C)[C@H](N)CC2.Cc1c2c(nn1COCC[Si](C)(C)C)[C@H](N=[N+]=[N-])CC2. The summed E-state index contributed by atoms with van der Waals surface area (Å²) in [4.78, 5) is 38.3. The van der Waals surface area contributed by atoms with E-state index in [0.717, 1.165) is 140 Å². The largest absolute Gasteiger partial charge is 0.468 e. The lowest BCUT2D eigenvalue weighted by atomic mass is 10.1. The van der Waals surface area contributed by atoms with Crippen molar-refractivity contribution in [2.24, 2.45) is 16.8 Å². The number of rotatable bonds is 27. The van der Waals surface area contributed by atoms with Gasteiger partial charge in [0.05, 0.1) is 36.3 Å². The number of ether oxygens (including phenoxy) is 6. The van der Waals surface area contributed by atoms with Crippen molar-refractivity contribution in [2.75, 3.05) is 40.1 Å². The van der Waals surface area contributed by atoms with E-state index >= 15 is 0 Å². The number of aliphatic hydroxyl groups excluding tert-OH is 1. The molecular weight excluding hydrogens is 1300 g/mol. The van der Waals surface area contributed by atoms with Gasteiger partial charge in [0.2, 0.25) is 0 Å². The van der Waals surface area contributed by atoms with Gasteiger partial charge in [0, 0.05) is 130 Å². The summed E-state index contributed by atoms with van der Waals surface area (Å²) in [6.45, 7) is 51.5. The summed E-state index contributed by atoms with van der Waals surface area (Å²) >= 11 is 0. The Labute approximate surface area is 576 Å². The summed E-state index contributed by atoms with van der Waals surface area (Å²) in [6, 6.07) is 5.82. The van der Waals surface area contributed by atoms with Gasteiger partial charge >= 0.3 is 5.97 Å². The summed E-state index contributed by atoms with van der Waals surface area (Å²) < 4.78 is 42.5. The number of fused-ring (bicyclic) bond motifs is 5. The number of Topliss-reactive ketones (excluding diaryl/α,β-unsaturated/α-hetero) is 2. The lowest BCUT2D eigenvalue weighted by Gasteiger charge is -2.15. The van der Waals surface area contributed by atoms with Crippen molar-refractivity contribution in [3.05, 3.63) is 95.2 Å². The molecule has 536 valence electrons. The van der Waals surface area contributed by atoms with Crippen LogP contribution in [0.25, 0.3) is 10.4 Å². The average molecular weight is 1420 g/mol. The third kappa shape index (κ3) is 23.3. The monoisotopic (exact) mass is 1420 g/mol.